The topological polar surface area (TPSA) is 35.5 Å². The first-order valence-corrected chi connectivity index (χ1v) is 9.16. The first kappa shape index (κ1) is 18.9. The smallest absolute Gasteiger partial charge is 0.0613 e. The van der Waals surface area contributed by atoms with Crippen LogP contribution >= 0.6 is 0 Å². The lowest BCUT2D eigenvalue weighted by Crippen LogP contribution is -2.48. The molecule has 0 heterocycles. The van der Waals surface area contributed by atoms with Gasteiger partial charge in [-0.05, 0) is 70.5 Å². The Kier molecular flexibility index (Phi) is 8.84. The van der Waals surface area contributed by atoms with Crippen molar-refractivity contribution in [2.45, 2.75) is 84.2 Å². The van der Waals surface area contributed by atoms with Gasteiger partial charge in [0, 0.05) is 11.6 Å². The van der Waals surface area contributed by atoms with Crippen LogP contribution in [-0.2, 0) is 0 Å². The maximum atomic E-state index is 9.79. The molecule has 1 saturated carbocycles. The lowest BCUT2D eigenvalue weighted by atomic mass is 9.91. The Morgan fingerprint density at radius 2 is 1.95 bits per heavy atom. The molecule has 1 aliphatic rings. The first-order chi connectivity index (χ1) is 10.1. The summed E-state index contributed by atoms with van der Waals surface area (Å²) in [5.74, 6) is 0.796. The van der Waals surface area contributed by atoms with Gasteiger partial charge in [-0.1, -0.05) is 27.7 Å². The molecule has 0 bridgehead atoms. The van der Waals surface area contributed by atoms with Gasteiger partial charge in [0.1, 0.15) is 0 Å². The van der Waals surface area contributed by atoms with Gasteiger partial charge in [-0.25, -0.2) is 0 Å². The van der Waals surface area contributed by atoms with E-state index in [4.69, 9.17) is 0 Å². The molecule has 0 amide bonds. The van der Waals surface area contributed by atoms with Crippen molar-refractivity contribution in [3.8, 4) is 0 Å². The molecule has 0 aromatic carbocycles. The summed E-state index contributed by atoms with van der Waals surface area (Å²) >= 11 is 0. The van der Waals surface area contributed by atoms with Gasteiger partial charge in [0.25, 0.3) is 0 Å². The SMILES string of the molecule is CCCNC(CC)(CO)CCCN(CCC(C)C)C1CC1. The molecule has 21 heavy (non-hydrogen) atoms. The third-order valence-corrected chi connectivity index (χ3v) is 4.89. The van der Waals surface area contributed by atoms with E-state index < -0.39 is 0 Å². The molecule has 126 valence electrons. The Bertz CT molecular complexity index is 260. The van der Waals surface area contributed by atoms with Crippen LogP contribution in [0.5, 0.6) is 0 Å². The summed E-state index contributed by atoms with van der Waals surface area (Å²) in [6.07, 6.45) is 8.52. The maximum absolute atomic E-state index is 9.79. The van der Waals surface area contributed by atoms with Crippen molar-refractivity contribution in [3.63, 3.8) is 0 Å². The first-order valence-electron chi connectivity index (χ1n) is 9.16. The van der Waals surface area contributed by atoms with Crippen molar-refractivity contribution in [1.82, 2.24) is 10.2 Å². The zero-order valence-electron chi connectivity index (χ0n) is 14.8. The molecule has 1 unspecified atom stereocenters. The third-order valence-electron chi connectivity index (χ3n) is 4.89. The molecule has 0 aromatic heterocycles. The predicted octanol–water partition coefficient (Wildman–Crippen LogP) is 3.42. The summed E-state index contributed by atoms with van der Waals surface area (Å²) in [5, 5.41) is 13.4. The molecule has 0 radical (unpaired) electrons. The minimum Gasteiger partial charge on any atom is -0.394 e. The second kappa shape index (κ2) is 9.81. The monoisotopic (exact) mass is 298 g/mol. The van der Waals surface area contributed by atoms with Crippen molar-refractivity contribution >= 4 is 0 Å². The summed E-state index contributed by atoms with van der Waals surface area (Å²) in [7, 11) is 0. The Balaban J connectivity index is 2.35. The molecule has 0 saturated heterocycles. The summed E-state index contributed by atoms with van der Waals surface area (Å²) in [5.41, 5.74) is -0.0523. The van der Waals surface area contributed by atoms with Gasteiger partial charge in [0.2, 0.25) is 0 Å². The van der Waals surface area contributed by atoms with E-state index in [9.17, 15) is 5.11 Å². The number of aliphatic hydroxyl groups excluding tert-OH is 1. The van der Waals surface area contributed by atoms with E-state index in [0.717, 1.165) is 37.8 Å². The van der Waals surface area contributed by atoms with Crippen molar-refractivity contribution in [1.29, 1.82) is 0 Å². The van der Waals surface area contributed by atoms with Gasteiger partial charge in [-0.15, -0.1) is 0 Å². The number of nitrogens with zero attached hydrogens (tertiary/aromatic N) is 1. The van der Waals surface area contributed by atoms with E-state index >= 15 is 0 Å². The van der Waals surface area contributed by atoms with E-state index in [1.165, 1.54) is 38.8 Å². The van der Waals surface area contributed by atoms with E-state index in [2.05, 4.69) is 37.9 Å². The van der Waals surface area contributed by atoms with Gasteiger partial charge >= 0.3 is 0 Å². The van der Waals surface area contributed by atoms with Gasteiger partial charge in [0.05, 0.1) is 6.61 Å². The number of hydrogen-bond donors (Lipinski definition) is 2. The Labute approximate surface area is 132 Å². The fourth-order valence-electron chi connectivity index (χ4n) is 2.99. The third kappa shape index (κ3) is 7.12. The lowest BCUT2D eigenvalue weighted by Gasteiger charge is -2.33. The Morgan fingerprint density at radius 3 is 2.43 bits per heavy atom. The van der Waals surface area contributed by atoms with Crippen LogP contribution in [0.3, 0.4) is 0 Å². The van der Waals surface area contributed by atoms with Crippen molar-refractivity contribution in [2.75, 3.05) is 26.2 Å². The largest absolute Gasteiger partial charge is 0.394 e. The quantitative estimate of drug-likeness (QED) is 0.547. The zero-order valence-corrected chi connectivity index (χ0v) is 14.8. The highest BCUT2D eigenvalue weighted by atomic mass is 16.3. The highest BCUT2D eigenvalue weighted by molar-refractivity contribution is 4.88. The average molecular weight is 299 g/mol. The number of hydrogen-bond acceptors (Lipinski definition) is 3. The molecule has 3 nitrogen and oxygen atoms in total. The Morgan fingerprint density at radius 1 is 1.24 bits per heavy atom. The van der Waals surface area contributed by atoms with Crippen molar-refractivity contribution in [3.05, 3.63) is 0 Å². The van der Waals surface area contributed by atoms with Gasteiger partial charge < -0.3 is 15.3 Å². The molecule has 1 fully saturated rings. The van der Waals surface area contributed by atoms with E-state index in [-0.39, 0.29) is 12.1 Å². The molecule has 0 aromatic rings. The summed E-state index contributed by atoms with van der Waals surface area (Å²) < 4.78 is 0. The lowest BCUT2D eigenvalue weighted by molar-refractivity contribution is 0.137. The molecule has 3 heteroatoms. The molecule has 1 rings (SSSR count). The van der Waals surface area contributed by atoms with Crippen LogP contribution < -0.4 is 5.32 Å². The van der Waals surface area contributed by atoms with Gasteiger partial charge in [0.15, 0.2) is 0 Å². The summed E-state index contributed by atoms with van der Waals surface area (Å²) in [4.78, 5) is 2.69. The van der Waals surface area contributed by atoms with E-state index in [1.807, 2.05) is 0 Å². The van der Waals surface area contributed by atoms with Crippen LogP contribution in [0, 0.1) is 5.92 Å². The molecule has 1 aliphatic carbocycles. The highest BCUT2D eigenvalue weighted by Gasteiger charge is 2.30. The average Bonchev–Trinajstić information content (AvgIpc) is 3.30. The molecule has 0 spiro atoms. The van der Waals surface area contributed by atoms with Crippen LogP contribution in [0.1, 0.15) is 72.6 Å². The summed E-state index contributed by atoms with van der Waals surface area (Å²) in [6.45, 7) is 12.7. The van der Waals surface area contributed by atoms with E-state index in [1.54, 1.807) is 0 Å². The number of rotatable bonds is 13. The molecular weight excluding hydrogens is 260 g/mol. The second-order valence-corrected chi connectivity index (χ2v) is 7.27. The van der Waals surface area contributed by atoms with Crippen molar-refractivity contribution in [2.24, 2.45) is 5.92 Å². The maximum Gasteiger partial charge on any atom is 0.0613 e. The van der Waals surface area contributed by atoms with Crippen LogP contribution in [0.15, 0.2) is 0 Å². The second-order valence-electron chi connectivity index (χ2n) is 7.27. The predicted molar refractivity (Wildman–Crippen MR) is 91.7 cm³/mol. The minimum atomic E-state index is -0.0523. The fraction of sp³-hybridized carbons (Fsp3) is 1.00. The standard InChI is InChI=1S/C18H38N2O/c1-5-12-19-18(6-2,15-21)11-7-13-20(17-8-9-17)14-10-16(3)4/h16-17,19,21H,5-15H2,1-4H3. The summed E-state index contributed by atoms with van der Waals surface area (Å²) in [6, 6.07) is 0.859. The van der Waals surface area contributed by atoms with Crippen LogP contribution in [0.25, 0.3) is 0 Å². The normalized spacial score (nSPS) is 18.4. The number of aliphatic hydroxyl groups is 1. The Hall–Kier alpha value is -0.120. The van der Waals surface area contributed by atoms with Gasteiger partial charge in [-0.2, -0.15) is 0 Å². The van der Waals surface area contributed by atoms with Gasteiger partial charge in [-0.3, -0.25) is 0 Å². The van der Waals surface area contributed by atoms with Crippen LogP contribution in [0.4, 0.5) is 0 Å². The van der Waals surface area contributed by atoms with Crippen molar-refractivity contribution < 1.29 is 5.11 Å². The van der Waals surface area contributed by atoms with Crippen LogP contribution in [0.2, 0.25) is 0 Å². The molecule has 0 aliphatic heterocycles. The fourth-order valence-corrected chi connectivity index (χ4v) is 2.99. The minimum absolute atomic E-state index is 0.0523. The zero-order chi connectivity index (χ0) is 15.7. The highest BCUT2D eigenvalue weighted by Crippen LogP contribution is 2.28. The molecule has 2 N–H and O–H groups in total. The molecular formula is C18H38N2O. The van der Waals surface area contributed by atoms with Crippen LogP contribution in [-0.4, -0.2) is 47.8 Å². The van der Waals surface area contributed by atoms with E-state index in [0.29, 0.717) is 0 Å². The number of nitrogens with one attached hydrogen (secondary N) is 1. The molecule has 1 atom stereocenters.